The van der Waals surface area contributed by atoms with Gasteiger partial charge in [0.25, 0.3) is 0 Å². The lowest BCUT2D eigenvalue weighted by Gasteiger charge is -2.34. The Morgan fingerprint density at radius 3 is 2.70 bits per heavy atom. The van der Waals surface area contributed by atoms with E-state index in [-0.39, 0.29) is 11.9 Å². The summed E-state index contributed by atoms with van der Waals surface area (Å²) in [5, 5.41) is 6.40. The number of carbonyl (C=O) groups is 1. The van der Waals surface area contributed by atoms with Crippen LogP contribution in [0.25, 0.3) is 5.13 Å². The normalized spacial score (nSPS) is 17.3. The summed E-state index contributed by atoms with van der Waals surface area (Å²) in [6.45, 7) is 6.34. The summed E-state index contributed by atoms with van der Waals surface area (Å²) >= 11 is 1.58. The number of hydrogen-bond acceptors (Lipinski definition) is 5. The van der Waals surface area contributed by atoms with Crippen molar-refractivity contribution >= 4 is 17.2 Å². The average molecular weight is 382 g/mol. The maximum absolute atomic E-state index is 12.8. The summed E-state index contributed by atoms with van der Waals surface area (Å²) in [6, 6.07) is 8.32. The standard InChI is InChI=1S/C20H23N5OS/c1-14-3-4-15(2)25(14)20-23-17(13-27-20)11-19(26)24-10-9-22-18(12-24)16-5-7-21-8-6-16/h3-8,13,18,22H,9-12H2,1-2H3. The summed E-state index contributed by atoms with van der Waals surface area (Å²) in [5.74, 6) is 0.133. The van der Waals surface area contributed by atoms with Crippen molar-refractivity contribution in [1.82, 2.24) is 24.8 Å². The molecule has 3 aromatic rings. The number of amides is 1. The Balaban J connectivity index is 1.43. The van der Waals surface area contributed by atoms with Crippen LogP contribution < -0.4 is 5.32 Å². The zero-order chi connectivity index (χ0) is 18.8. The Morgan fingerprint density at radius 2 is 1.96 bits per heavy atom. The highest BCUT2D eigenvalue weighted by Gasteiger charge is 2.25. The third-order valence-electron chi connectivity index (χ3n) is 4.97. The van der Waals surface area contributed by atoms with E-state index in [9.17, 15) is 4.79 Å². The van der Waals surface area contributed by atoms with Gasteiger partial charge in [-0.2, -0.15) is 0 Å². The van der Waals surface area contributed by atoms with E-state index in [1.165, 1.54) is 0 Å². The molecule has 0 aliphatic carbocycles. The molecular formula is C20H23N5OS. The van der Waals surface area contributed by atoms with E-state index in [0.717, 1.165) is 40.9 Å². The fourth-order valence-electron chi connectivity index (χ4n) is 3.51. The minimum absolute atomic E-state index is 0.133. The molecule has 1 fully saturated rings. The van der Waals surface area contributed by atoms with Crippen molar-refractivity contribution in [1.29, 1.82) is 0 Å². The highest BCUT2D eigenvalue weighted by molar-refractivity contribution is 7.12. The Bertz CT molecular complexity index is 914. The number of pyridine rings is 1. The second kappa shape index (κ2) is 7.62. The number of rotatable bonds is 4. The lowest BCUT2D eigenvalue weighted by Crippen LogP contribution is -2.48. The number of nitrogens with one attached hydrogen (secondary N) is 1. The molecule has 0 aromatic carbocycles. The molecule has 27 heavy (non-hydrogen) atoms. The Kier molecular flexibility index (Phi) is 5.05. The molecule has 1 saturated heterocycles. The van der Waals surface area contributed by atoms with Gasteiger partial charge in [0.05, 0.1) is 18.2 Å². The second-order valence-corrected chi connectivity index (χ2v) is 7.71. The first-order valence-electron chi connectivity index (χ1n) is 9.12. The van der Waals surface area contributed by atoms with Gasteiger partial charge in [0.1, 0.15) is 0 Å². The number of aromatic nitrogens is 3. The lowest BCUT2D eigenvalue weighted by atomic mass is 10.1. The van der Waals surface area contributed by atoms with E-state index in [2.05, 4.69) is 40.8 Å². The smallest absolute Gasteiger partial charge is 0.228 e. The van der Waals surface area contributed by atoms with Gasteiger partial charge < -0.3 is 10.2 Å². The summed E-state index contributed by atoms with van der Waals surface area (Å²) in [4.78, 5) is 23.5. The van der Waals surface area contributed by atoms with Crippen LogP contribution in [0.4, 0.5) is 0 Å². The quantitative estimate of drug-likeness (QED) is 0.755. The van der Waals surface area contributed by atoms with Crippen molar-refractivity contribution in [3.63, 3.8) is 0 Å². The molecule has 6 nitrogen and oxygen atoms in total. The molecule has 1 atom stereocenters. The van der Waals surface area contributed by atoms with Gasteiger partial charge in [-0.1, -0.05) is 0 Å². The van der Waals surface area contributed by atoms with E-state index in [4.69, 9.17) is 4.98 Å². The third kappa shape index (κ3) is 3.79. The first-order valence-corrected chi connectivity index (χ1v) is 10.0. The van der Waals surface area contributed by atoms with Crippen molar-refractivity contribution in [3.05, 3.63) is 64.7 Å². The number of piperazine rings is 1. The number of aryl methyl sites for hydroxylation is 2. The zero-order valence-corrected chi connectivity index (χ0v) is 16.4. The first-order chi connectivity index (χ1) is 13.1. The van der Waals surface area contributed by atoms with Gasteiger partial charge >= 0.3 is 0 Å². The van der Waals surface area contributed by atoms with Crippen molar-refractivity contribution in [2.75, 3.05) is 19.6 Å². The number of nitrogens with zero attached hydrogens (tertiary/aromatic N) is 4. The lowest BCUT2D eigenvalue weighted by molar-refractivity contribution is -0.131. The van der Waals surface area contributed by atoms with Gasteiger partial charge in [-0.15, -0.1) is 11.3 Å². The molecule has 0 bridgehead atoms. The zero-order valence-electron chi connectivity index (χ0n) is 15.6. The van der Waals surface area contributed by atoms with Gasteiger partial charge in [-0.3, -0.25) is 14.3 Å². The first kappa shape index (κ1) is 17.9. The van der Waals surface area contributed by atoms with Crippen LogP contribution in [0, 0.1) is 13.8 Å². The Morgan fingerprint density at radius 1 is 1.22 bits per heavy atom. The molecule has 4 rings (SSSR count). The SMILES string of the molecule is Cc1ccc(C)n1-c1nc(CC(=O)N2CCNC(c3ccncc3)C2)cs1. The monoisotopic (exact) mass is 381 g/mol. The summed E-state index contributed by atoms with van der Waals surface area (Å²) in [7, 11) is 0. The number of carbonyl (C=O) groups excluding carboxylic acids is 1. The van der Waals surface area contributed by atoms with E-state index >= 15 is 0 Å². The van der Waals surface area contributed by atoms with Crippen molar-refractivity contribution < 1.29 is 4.79 Å². The van der Waals surface area contributed by atoms with Crippen LogP contribution in [0.1, 0.15) is 28.7 Å². The fraction of sp³-hybridized carbons (Fsp3) is 0.350. The molecular weight excluding hydrogens is 358 g/mol. The largest absolute Gasteiger partial charge is 0.339 e. The number of hydrogen-bond donors (Lipinski definition) is 1. The Hall–Kier alpha value is -2.51. The molecule has 1 amide bonds. The van der Waals surface area contributed by atoms with Crippen LogP contribution in [0.2, 0.25) is 0 Å². The average Bonchev–Trinajstić information content (AvgIpc) is 3.28. The minimum atomic E-state index is 0.133. The molecule has 4 heterocycles. The van der Waals surface area contributed by atoms with E-state index < -0.39 is 0 Å². The van der Waals surface area contributed by atoms with E-state index in [1.807, 2.05) is 22.4 Å². The van der Waals surface area contributed by atoms with Crippen molar-refractivity contribution in [2.45, 2.75) is 26.3 Å². The van der Waals surface area contributed by atoms with Crippen LogP contribution in [0.15, 0.2) is 42.0 Å². The van der Waals surface area contributed by atoms with Gasteiger partial charge in [0, 0.05) is 48.8 Å². The van der Waals surface area contributed by atoms with Crippen molar-refractivity contribution in [3.8, 4) is 5.13 Å². The third-order valence-corrected chi connectivity index (χ3v) is 5.85. The molecule has 1 aliphatic rings. The summed E-state index contributed by atoms with van der Waals surface area (Å²) in [6.07, 6.45) is 3.93. The van der Waals surface area contributed by atoms with Gasteiger partial charge in [0.2, 0.25) is 5.91 Å². The molecule has 0 spiro atoms. The highest BCUT2D eigenvalue weighted by Crippen LogP contribution is 2.22. The molecule has 7 heteroatoms. The molecule has 0 radical (unpaired) electrons. The van der Waals surface area contributed by atoms with Gasteiger partial charge in [-0.05, 0) is 43.7 Å². The minimum Gasteiger partial charge on any atom is -0.339 e. The van der Waals surface area contributed by atoms with Gasteiger partial charge in [-0.25, -0.2) is 4.98 Å². The summed E-state index contributed by atoms with van der Waals surface area (Å²) in [5.41, 5.74) is 4.31. The maximum Gasteiger partial charge on any atom is 0.228 e. The van der Waals surface area contributed by atoms with Crippen LogP contribution in [0.3, 0.4) is 0 Å². The van der Waals surface area contributed by atoms with Crippen LogP contribution in [-0.4, -0.2) is 45.0 Å². The number of thiazole rings is 1. The molecule has 1 aliphatic heterocycles. The van der Waals surface area contributed by atoms with E-state index in [0.29, 0.717) is 13.0 Å². The van der Waals surface area contributed by atoms with Crippen molar-refractivity contribution in [2.24, 2.45) is 0 Å². The predicted octanol–water partition coefficient (Wildman–Crippen LogP) is 2.66. The molecule has 1 N–H and O–H groups in total. The van der Waals surface area contributed by atoms with Gasteiger partial charge in [0.15, 0.2) is 5.13 Å². The van der Waals surface area contributed by atoms with E-state index in [1.54, 1.807) is 23.7 Å². The molecule has 140 valence electrons. The van der Waals surface area contributed by atoms with Crippen LogP contribution in [0.5, 0.6) is 0 Å². The molecule has 0 saturated carbocycles. The molecule has 3 aromatic heterocycles. The predicted molar refractivity (Wildman–Crippen MR) is 106 cm³/mol. The second-order valence-electron chi connectivity index (χ2n) is 6.88. The van der Waals surface area contributed by atoms with Crippen LogP contribution >= 0.6 is 11.3 Å². The fourth-order valence-corrected chi connectivity index (χ4v) is 4.45. The van der Waals surface area contributed by atoms with Crippen LogP contribution in [-0.2, 0) is 11.2 Å². The Labute approximate surface area is 162 Å². The highest BCUT2D eigenvalue weighted by atomic mass is 32.1. The maximum atomic E-state index is 12.8. The molecule has 1 unspecified atom stereocenters. The summed E-state index contributed by atoms with van der Waals surface area (Å²) < 4.78 is 2.13. The topological polar surface area (TPSA) is 63.1 Å².